The average molecular weight is 931 g/mol. The van der Waals surface area contributed by atoms with Gasteiger partial charge in [0.2, 0.25) is 0 Å². The van der Waals surface area contributed by atoms with Gasteiger partial charge < -0.3 is 0 Å². The molecule has 2 aliphatic carbocycles. The van der Waals surface area contributed by atoms with Gasteiger partial charge in [-0.2, -0.15) is 46.8 Å². The minimum atomic E-state index is -4.59. The van der Waals surface area contributed by atoms with Crippen molar-refractivity contribution >= 4 is 22.9 Å². The Bertz CT molecular complexity index is 2620. The largest absolute Gasteiger partial charge is 0.416 e. The van der Waals surface area contributed by atoms with Crippen molar-refractivity contribution in [3.05, 3.63) is 166 Å². The van der Waals surface area contributed by atoms with Gasteiger partial charge in [-0.1, -0.05) is 119 Å². The molecule has 0 saturated carbocycles. The van der Waals surface area contributed by atoms with Crippen LogP contribution >= 0.6 is 0 Å². The van der Waals surface area contributed by atoms with E-state index >= 15 is 0 Å². The quantitative estimate of drug-likeness (QED) is 0.137. The van der Waals surface area contributed by atoms with Crippen LogP contribution in [0, 0.1) is 21.7 Å². The van der Waals surface area contributed by atoms with Gasteiger partial charge in [-0.3, -0.25) is 9.59 Å². The molecule has 0 aromatic heterocycles. The van der Waals surface area contributed by atoms with E-state index in [9.17, 15) is 35.9 Å². The van der Waals surface area contributed by atoms with Crippen LogP contribution in [-0.4, -0.2) is 11.6 Å². The van der Waals surface area contributed by atoms with E-state index in [4.69, 9.17) is 0 Å². The molecule has 4 aromatic rings. The summed E-state index contributed by atoms with van der Waals surface area (Å²) >= 11 is 0. The molecule has 4 aromatic carbocycles. The van der Waals surface area contributed by atoms with Crippen LogP contribution in [0.25, 0.3) is 33.4 Å². The van der Waals surface area contributed by atoms with Crippen LogP contribution in [-0.2, 0) is 21.9 Å². The van der Waals surface area contributed by atoms with Crippen LogP contribution in [0.4, 0.5) is 37.7 Å². The molecule has 0 atom stereocenters. The maximum atomic E-state index is 13.8. The number of hydrogen-bond donors (Lipinski definition) is 0. The Morgan fingerprint density at radius 1 is 0.382 bits per heavy atom. The van der Waals surface area contributed by atoms with Gasteiger partial charge in [0.1, 0.15) is 0 Å². The minimum absolute atomic E-state index is 0.0302. The number of halogens is 6. The highest BCUT2D eigenvalue weighted by Crippen LogP contribution is 2.45. The first-order valence-corrected chi connectivity index (χ1v) is 22.2. The van der Waals surface area contributed by atoms with Crippen molar-refractivity contribution in [3.63, 3.8) is 0 Å². The van der Waals surface area contributed by atoms with E-state index in [1.54, 1.807) is 73.1 Å². The van der Waals surface area contributed by atoms with Crippen LogP contribution in [0.1, 0.15) is 94.2 Å². The maximum absolute atomic E-state index is 13.8. The molecule has 0 radical (unpaired) electrons. The van der Waals surface area contributed by atoms with Gasteiger partial charge in [-0.15, -0.1) is 0 Å². The number of Topliss-reactive ketones (excluding diaryl/α,β-unsaturated/α-hetero) is 2. The van der Waals surface area contributed by atoms with E-state index in [0.29, 0.717) is 78.2 Å². The van der Waals surface area contributed by atoms with Gasteiger partial charge in [-0.05, 0) is 139 Å². The van der Waals surface area contributed by atoms with Crippen molar-refractivity contribution in [3.8, 4) is 33.4 Å². The first kappa shape index (κ1) is 50.8. The molecule has 6 rings (SSSR count). The third-order valence-electron chi connectivity index (χ3n) is 11.6. The average Bonchev–Trinajstić information content (AvgIpc) is 3.22. The van der Waals surface area contributed by atoms with Crippen molar-refractivity contribution in [2.45, 2.75) is 95.4 Å². The predicted molar refractivity (Wildman–Crippen MR) is 258 cm³/mol. The van der Waals surface area contributed by atoms with Crippen molar-refractivity contribution in [2.24, 2.45) is 42.1 Å². The monoisotopic (exact) mass is 930 g/mol. The number of rotatable bonds is 7. The molecule has 0 aliphatic heterocycles. The van der Waals surface area contributed by atoms with E-state index < -0.39 is 45.1 Å². The summed E-state index contributed by atoms with van der Waals surface area (Å²) in [6, 6.07) is 19.6. The zero-order valence-corrected chi connectivity index (χ0v) is 40.4. The molecule has 12 heteroatoms. The summed E-state index contributed by atoms with van der Waals surface area (Å²) in [5.74, 6) is -0.0604. The number of alkyl halides is 6. The summed E-state index contributed by atoms with van der Waals surface area (Å²) in [7, 11) is 0. The molecular formula is C56H56F6N4O2. The molecule has 2 aliphatic rings. The second-order valence-electron chi connectivity index (χ2n) is 21.2. The molecule has 68 heavy (non-hydrogen) atoms. The van der Waals surface area contributed by atoms with Crippen molar-refractivity contribution in [1.82, 2.24) is 0 Å². The van der Waals surface area contributed by atoms with Crippen LogP contribution in [0.2, 0.25) is 0 Å². The fraction of sp³-hybridized carbons (Fsp3) is 0.321. The van der Waals surface area contributed by atoms with Gasteiger partial charge in [0, 0.05) is 22.3 Å². The lowest BCUT2D eigenvalue weighted by Crippen LogP contribution is -2.27. The molecule has 0 bridgehead atoms. The van der Waals surface area contributed by atoms with E-state index in [2.05, 4.69) is 20.5 Å². The second kappa shape index (κ2) is 18.5. The SMILES string of the molecule is CC(C)(C)C1=CC(=CN=Nc2ccc(-c3ccc(N=NC=C4C=C(C(C)(C)C)C(=O)C(C(C)(C)C)=C4)cc3-c3ccc(C(F)(F)F)cc3)c(-c3ccc(C(F)(F)F)cc3)c2)C=C(C(C)(C)C)C1=O. The summed E-state index contributed by atoms with van der Waals surface area (Å²) in [5, 5.41) is 17.7. The molecule has 6 nitrogen and oxygen atoms in total. The normalized spacial score (nSPS) is 15.7. The van der Waals surface area contributed by atoms with Gasteiger partial charge >= 0.3 is 12.4 Å². The Kier molecular flexibility index (Phi) is 13.8. The van der Waals surface area contributed by atoms with Crippen molar-refractivity contribution in [1.29, 1.82) is 0 Å². The van der Waals surface area contributed by atoms with E-state index in [1.807, 2.05) is 83.1 Å². The van der Waals surface area contributed by atoms with Crippen molar-refractivity contribution < 1.29 is 35.9 Å². The number of benzene rings is 4. The van der Waals surface area contributed by atoms with E-state index in [0.717, 1.165) is 24.3 Å². The summed E-state index contributed by atoms with van der Waals surface area (Å²) in [5.41, 5.74) is 3.98. The van der Waals surface area contributed by atoms with Crippen LogP contribution in [0.5, 0.6) is 0 Å². The third-order valence-corrected chi connectivity index (χ3v) is 11.6. The molecule has 0 heterocycles. The minimum Gasteiger partial charge on any atom is -0.289 e. The Hall–Kier alpha value is -6.56. The number of ketones is 2. The van der Waals surface area contributed by atoms with Gasteiger partial charge in [-0.25, -0.2) is 0 Å². The fourth-order valence-corrected chi connectivity index (χ4v) is 7.82. The zero-order valence-electron chi connectivity index (χ0n) is 40.4. The number of hydrogen-bond acceptors (Lipinski definition) is 6. The van der Waals surface area contributed by atoms with Crippen LogP contribution in [0.3, 0.4) is 0 Å². The lowest BCUT2D eigenvalue weighted by Gasteiger charge is -2.31. The summed E-state index contributed by atoms with van der Waals surface area (Å²) in [6.07, 6.45) is 1.13. The Labute approximate surface area is 394 Å². The van der Waals surface area contributed by atoms with Gasteiger partial charge in [0.15, 0.2) is 11.6 Å². The number of allylic oxidation sites excluding steroid dienone is 10. The van der Waals surface area contributed by atoms with Crippen LogP contribution in [0.15, 0.2) is 176 Å². The molecule has 0 spiro atoms. The standard InChI is InChI=1S/C56H56F6N4O2/c1-51(2,3)45-25-33(26-46(49(45)67)52(4,5)6)31-63-65-39-21-23-41(43(29-39)35-13-17-37(18-14-35)55(57,58)59)42-24-22-40(30-44(42)36-15-19-38(20-16-36)56(60,61)62)66-64-32-34-27-47(53(7,8)9)50(68)48(28-34)54(10,11)12/h13-32H,1-12H3. The Morgan fingerprint density at radius 2 is 0.662 bits per heavy atom. The number of carbonyl (C=O) groups is 2. The lowest BCUT2D eigenvalue weighted by molar-refractivity contribution is -0.138. The third kappa shape index (κ3) is 11.8. The lowest BCUT2D eigenvalue weighted by atomic mass is 9.72. The topological polar surface area (TPSA) is 83.6 Å². The summed E-state index contributed by atoms with van der Waals surface area (Å²) in [4.78, 5) is 27.0. The highest BCUT2D eigenvalue weighted by Gasteiger charge is 2.36. The zero-order chi connectivity index (χ0) is 50.4. The summed E-state index contributed by atoms with van der Waals surface area (Å²) in [6.45, 7) is 23.6. The molecule has 0 N–H and O–H groups in total. The summed E-state index contributed by atoms with van der Waals surface area (Å²) < 4.78 is 82.6. The second-order valence-corrected chi connectivity index (χ2v) is 21.2. The van der Waals surface area contributed by atoms with Crippen LogP contribution < -0.4 is 0 Å². The highest BCUT2D eigenvalue weighted by molar-refractivity contribution is 6.12. The molecule has 0 saturated heterocycles. The number of carbonyl (C=O) groups excluding carboxylic acids is 2. The van der Waals surface area contributed by atoms with Crippen molar-refractivity contribution in [2.75, 3.05) is 0 Å². The first-order chi connectivity index (χ1) is 31.3. The number of azo groups is 2. The molecular weight excluding hydrogens is 875 g/mol. The van der Waals surface area contributed by atoms with E-state index in [1.165, 1.54) is 24.3 Å². The first-order valence-electron chi connectivity index (χ1n) is 22.2. The highest BCUT2D eigenvalue weighted by atomic mass is 19.4. The van der Waals surface area contributed by atoms with Gasteiger partial charge in [0.05, 0.1) is 34.9 Å². The molecule has 0 amide bonds. The molecule has 354 valence electrons. The van der Waals surface area contributed by atoms with E-state index in [-0.39, 0.29) is 11.6 Å². The maximum Gasteiger partial charge on any atom is 0.416 e. The fourth-order valence-electron chi connectivity index (χ4n) is 7.82. The molecule has 0 fully saturated rings. The Morgan fingerprint density at radius 3 is 0.912 bits per heavy atom. The number of nitrogens with zero attached hydrogens (tertiary/aromatic N) is 4. The molecule has 0 unspecified atom stereocenters. The smallest absolute Gasteiger partial charge is 0.289 e. The predicted octanol–water partition coefficient (Wildman–Crippen LogP) is 17.7. The van der Waals surface area contributed by atoms with Gasteiger partial charge in [0.25, 0.3) is 0 Å². The Balaban J connectivity index is 1.50.